The highest BCUT2D eigenvalue weighted by atomic mass is 16.5. The molecule has 1 aromatic carbocycles. The molecule has 0 spiro atoms. The lowest BCUT2D eigenvalue weighted by molar-refractivity contribution is -0.157. The number of piperidine rings is 2. The van der Waals surface area contributed by atoms with Gasteiger partial charge in [0.1, 0.15) is 11.8 Å². The molecule has 4 aliphatic rings. The van der Waals surface area contributed by atoms with Gasteiger partial charge < -0.3 is 19.9 Å². The maximum atomic E-state index is 13.6. The van der Waals surface area contributed by atoms with Crippen molar-refractivity contribution >= 4 is 17.6 Å². The van der Waals surface area contributed by atoms with Crippen molar-refractivity contribution in [2.24, 2.45) is 11.8 Å². The lowest BCUT2D eigenvalue weighted by Gasteiger charge is -2.58. The molecule has 1 aromatic rings. The fourth-order valence-electron chi connectivity index (χ4n) is 6.15. The molecule has 164 valence electrons. The van der Waals surface area contributed by atoms with Gasteiger partial charge in [0, 0.05) is 18.2 Å². The van der Waals surface area contributed by atoms with Crippen molar-refractivity contribution in [1.82, 2.24) is 9.80 Å². The quantitative estimate of drug-likeness (QED) is 0.785. The molecule has 2 bridgehead atoms. The Balaban J connectivity index is 1.47. The number of benzene rings is 1. The number of carbonyl (C=O) groups is 2. The second kappa shape index (κ2) is 7.74. The number of para-hydroxylation sites is 1. The number of ether oxygens (including phenoxy) is 1. The van der Waals surface area contributed by atoms with Crippen LogP contribution in [-0.2, 0) is 9.53 Å². The summed E-state index contributed by atoms with van der Waals surface area (Å²) in [6.07, 6.45) is 10.0. The van der Waals surface area contributed by atoms with Gasteiger partial charge >= 0.3 is 6.03 Å². The molecule has 6 nitrogen and oxygen atoms in total. The topological polar surface area (TPSA) is 61.9 Å². The molecule has 3 saturated heterocycles. The van der Waals surface area contributed by atoms with Crippen LogP contribution < -0.4 is 5.32 Å². The van der Waals surface area contributed by atoms with Crippen LogP contribution in [-0.4, -0.2) is 53.5 Å². The number of amides is 3. The zero-order valence-corrected chi connectivity index (χ0v) is 18.5. The SMILES string of the molecule is COC1=CC2CCN3C(=O)C4CCCC(C3C2C=C1)N4C(=O)Nc1c(C)cccc1C. The van der Waals surface area contributed by atoms with E-state index in [0.717, 1.165) is 54.8 Å². The summed E-state index contributed by atoms with van der Waals surface area (Å²) in [7, 11) is 1.70. The molecule has 1 aliphatic carbocycles. The molecule has 5 atom stereocenters. The van der Waals surface area contributed by atoms with Crippen molar-refractivity contribution < 1.29 is 14.3 Å². The number of nitrogens with one attached hydrogen (secondary N) is 1. The number of rotatable bonds is 2. The van der Waals surface area contributed by atoms with E-state index in [1.54, 1.807) is 7.11 Å². The number of urea groups is 1. The first kappa shape index (κ1) is 20.2. The van der Waals surface area contributed by atoms with Gasteiger partial charge in [0.05, 0.1) is 19.2 Å². The van der Waals surface area contributed by atoms with Gasteiger partial charge in [0.25, 0.3) is 0 Å². The van der Waals surface area contributed by atoms with E-state index in [9.17, 15) is 9.59 Å². The molecule has 0 saturated carbocycles. The Hall–Kier alpha value is -2.76. The molecule has 0 radical (unpaired) electrons. The highest BCUT2D eigenvalue weighted by molar-refractivity contribution is 5.96. The van der Waals surface area contributed by atoms with Gasteiger partial charge in [-0.3, -0.25) is 4.79 Å². The lowest BCUT2D eigenvalue weighted by Crippen LogP contribution is -2.73. The first-order valence-electron chi connectivity index (χ1n) is 11.4. The van der Waals surface area contributed by atoms with Gasteiger partial charge in [0.15, 0.2) is 0 Å². The maximum Gasteiger partial charge on any atom is 0.322 e. The summed E-state index contributed by atoms with van der Waals surface area (Å²) in [4.78, 5) is 31.0. The van der Waals surface area contributed by atoms with E-state index < -0.39 is 0 Å². The number of methoxy groups -OCH3 is 1. The van der Waals surface area contributed by atoms with Crippen LogP contribution in [0.15, 0.2) is 42.2 Å². The number of nitrogens with zero attached hydrogens (tertiary/aromatic N) is 2. The van der Waals surface area contributed by atoms with E-state index in [2.05, 4.69) is 22.4 Å². The van der Waals surface area contributed by atoms with Crippen molar-refractivity contribution in [1.29, 1.82) is 0 Å². The first-order chi connectivity index (χ1) is 15.0. The first-order valence-corrected chi connectivity index (χ1v) is 11.4. The molecule has 3 fully saturated rings. The third-order valence-electron chi connectivity index (χ3n) is 7.63. The van der Waals surface area contributed by atoms with Crippen molar-refractivity contribution in [2.45, 2.75) is 57.7 Å². The Morgan fingerprint density at radius 3 is 2.68 bits per heavy atom. The fraction of sp³-hybridized carbons (Fsp3) is 0.520. The van der Waals surface area contributed by atoms with Gasteiger partial charge in [-0.1, -0.05) is 24.3 Å². The third-order valence-corrected chi connectivity index (χ3v) is 7.63. The molecule has 31 heavy (non-hydrogen) atoms. The fourth-order valence-corrected chi connectivity index (χ4v) is 6.15. The van der Waals surface area contributed by atoms with Gasteiger partial charge in [-0.15, -0.1) is 0 Å². The maximum absolute atomic E-state index is 13.6. The number of carbonyl (C=O) groups excluding carboxylic acids is 2. The summed E-state index contributed by atoms with van der Waals surface area (Å²) in [5.74, 6) is 1.57. The van der Waals surface area contributed by atoms with Crippen LogP contribution in [0.25, 0.3) is 0 Å². The van der Waals surface area contributed by atoms with Crippen molar-refractivity contribution in [3.63, 3.8) is 0 Å². The second-order valence-corrected chi connectivity index (χ2v) is 9.30. The van der Waals surface area contributed by atoms with Crippen LogP contribution in [0.1, 0.15) is 36.8 Å². The van der Waals surface area contributed by atoms with Crippen molar-refractivity contribution in [2.75, 3.05) is 19.0 Å². The highest BCUT2D eigenvalue weighted by Crippen LogP contribution is 2.44. The van der Waals surface area contributed by atoms with Crippen LogP contribution in [0.4, 0.5) is 10.5 Å². The number of allylic oxidation sites excluding steroid dienone is 2. The smallest absolute Gasteiger partial charge is 0.322 e. The minimum atomic E-state index is -0.353. The zero-order valence-electron chi connectivity index (χ0n) is 18.5. The van der Waals surface area contributed by atoms with E-state index in [1.807, 2.05) is 43.0 Å². The summed E-state index contributed by atoms with van der Waals surface area (Å²) in [5.41, 5.74) is 2.93. The van der Waals surface area contributed by atoms with Crippen molar-refractivity contribution in [3.05, 3.63) is 53.3 Å². The van der Waals surface area contributed by atoms with Crippen LogP contribution >= 0.6 is 0 Å². The number of hydrogen-bond acceptors (Lipinski definition) is 3. The normalized spacial score (nSPS) is 31.5. The Labute approximate surface area is 183 Å². The van der Waals surface area contributed by atoms with Crippen LogP contribution in [0.2, 0.25) is 0 Å². The minimum Gasteiger partial charge on any atom is -0.497 e. The number of fused-ring (bicyclic) bond motifs is 6. The molecule has 5 rings (SSSR count). The average molecular weight is 422 g/mol. The summed E-state index contributed by atoms with van der Waals surface area (Å²) < 4.78 is 5.45. The molecule has 3 heterocycles. The molecule has 6 heteroatoms. The van der Waals surface area contributed by atoms with E-state index >= 15 is 0 Å². The van der Waals surface area contributed by atoms with E-state index in [0.29, 0.717) is 5.92 Å². The molecular formula is C25H31N3O3. The molecule has 3 aliphatic heterocycles. The number of aryl methyl sites for hydroxylation is 2. The molecule has 3 amide bonds. The summed E-state index contributed by atoms with van der Waals surface area (Å²) >= 11 is 0. The Morgan fingerprint density at radius 1 is 1.16 bits per heavy atom. The van der Waals surface area contributed by atoms with Crippen molar-refractivity contribution in [3.8, 4) is 0 Å². The predicted octanol–water partition coefficient (Wildman–Crippen LogP) is 4.01. The summed E-state index contributed by atoms with van der Waals surface area (Å²) in [6.45, 7) is 4.76. The predicted molar refractivity (Wildman–Crippen MR) is 120 cm³/mol. The largest absolute Gasteiger partial charge is 0.497 e. The summed E-state index contributed by atoms with van der Waals surface area (Å²) in [6, 6.07) is 5.57. The van der Waals surface area contributed by atoms with Crippen LogP contribution in [0.5, 0.6) is 0 Å². The van der Waals surface area contributed by atoms with Gasteiger partial charge in [-0.05, 0) is 68.7 Å². The summed E-state index contributed by atoms with van der Waals surface area (Å²) in [5, 5.41) is 3.15. The zero-order chi connectivity index (χ0) is 21.7. The monoisotopic (exact) mass is 421 g/mol. The minimum absolute atomic E-state index is 0.0254. The van der Waals surface area contributed by atoms with Gasteiger partial charge in [-0.25, -0.2) is 4.79 Å². The van der Waals surface area contributed by atoms with E-state index in [1.165, 1.54) is 0 Å². The number of anilines is 1. The number of piperazine rings is 1. The standard InChI is InChI=1S/C25H31N3O3/c1-15-6-4-7-16(2)22(15)26-25(30)28-20-8-5-9-21(28)24(29)27-13-12-17-14-18(31-3)10-11-19(17)23(20)27/h4,6-7,10-11,14,17,19-21,23H,5,8-9,12-13H2,1-3H3,(H,26,30). The Kier molecular flexibility index (Phi) is 5.03. The van der Waals surface area contributed by atoms with E-state index in [4.69, 9.17) is 4.74 Å². The van der Waals surface area contributed by atoms with Crippen LogP contribution in [0, 0.1) is 25.7 Å². The average Bonchev–Trinajstić information content (AvgIpc) is 2.78. The molecular weight excluding hydrogens is 390 g/mol. The highest BCUT2D eigenvalue weighted by Gasteiger charge is 2.55. The molecule has 5 unspecified atom stereocenters. The van der Waals surface area contributed by atoms with Crippen LogP contribution in [0.3, 0.4) is 0 Å². The lowest BCUT2D eigenvalue weighted by atomic mass is 9.70. The number of hydrogen-bond donors (Lipinski definition) is 1. The van der Waals surface area contributed by atoms with Gasteiger partial charge in [-0.2, -0.15) is 0 Å². The molecule has 1 N–H and O–H groups in total. The van der Waals surface area contributed by atoms with Gasteiger partial charge in [0.2, 0.25) is 5.91 Å². The Bertz CT molecular complexity index is 949. The second-order valence-electron chi connectivity index (χ2n) is 9.30. The third kappa shape index (κ3) is 3.24. The van der Waals surface area contributed by atoms with E-state index in [-0.39, 0.29) is 36.0 Å². The Morgan fingerprint density at radius 2 is 1.94 bits per heavy atom. The molecule has 0 aromatic heterocycles.